The van der Waals surface area contributed by atoms with Gasteiger partial charge in [0.2, 0.25) is 0 Å². The number of hydrogen-bond acceptors (Lipinski definition) is 2. The Bertz CT molecular complexity index is 570. The maximum atomic E-state index is 11.7. The van der Waals surface area contributed by atoms with E-state index in [9.17, 15) is 9.90 Å². The molecule has 22 heavy (non-hydrogen) atoms. The van der Waals surface area contributed by atoms with Crippen LogP contribution in [0.4, 0.5) is 0 Å². The van der Waals surface area contributed by atoms with Crippen molar-refractivity contribution in [3.63, 3.8) is 0 Å². The topological polar surface area (TPSA) is 37.3 Å². The van der Waals surface area contributed by atoms with Crippen molar-refractivity contribution in [2.24, 2.45) is 23.2 Å². The maximum Gasteiger partial charge on any atom is 0.156 e. The Labute approximate surface area is 133 Å². The second kappa shape index (κ2) is 5.06. The first-order chi connectivity index (χ1) is 10.5. The van der Waals surface area contributed by atoms with Crippen LogP contribution < -0.4 is 0 Å². The van der Waals surface area contributed by atoms with Crippen LogP contribution in [0.15, 0.2) is 22.8 Å². The minimum absolute atomic E-state index is 0.112. The molecule has 0 saturated heterocycles. The van der Waals surface area contributed by atoms with E-state index in [4.69, 9.17) is 0 Å². The van der Waals surface area contributed by atoms with E-state index in [0.717, 1.165) is 32.1 Å². The fraction of sp³-hybridized carbons (Fsp3) is 0.750. The number of aliphatic hydroxyl groups is 1. The molecule has 4 aliphatic rings. The smallest absolute Gasteiger partial charge is 0.156 e. The van der Waals surface area contributed by atoms with Crippen LogP contribution in [0.3, 0.4) is 0 Å². The lowest BCUT2D eigenvalue weighted by Gasteiger charge is -2.48. The second-order valence-corrected chi connectivity index (χ2v) is 8.25. The first-order valence-corrected chi connectivity index (χ1v) is 9.18. The SMILES string of the molecule is CC[C@H]1C[C@H]2[C@@H]3CCC4=CC(=O)CCC4=C3CC[C@]2(C)[C@H]1O. The van der Waals surface area contributed by atoms with Crippen molar-refractivity contribution < 1.29 is 9.90 Å². The fourth-order valence-electron chi connectivity index (χ4n) is 6.07. The third-order valence-electron chi connectivity index (χ3n) is 7.37. The molecule has 0 bridgehead atoms. The molecule has 2 heteroatoms. The van der Waals surface area contributed by atoms with E-state index in [-0.39, 0.29) is 11.5 Å². The standard InChI is InChI=1S/C20H28O2/c1-3-12-11-18-17-6-4-13-10-14(21)5-7-15(13)16(17)8-9-20(18,2)19(12)22/h10,12,17-19,22H,3-9,11H2,1-2H3/t12-,17+,18-,19-,20-/m0/s1. The first kappa shape index (κ1) is 14.7. The number of carbonyl (C=O) groups excluding carboxylic acids is 1. The average molecular weight is 300 g/mol. The molecule has 5 atom stereocenters. The summed E-state index contributed by atoms with van der Waals surface area (Å²) in [6.45, 7) is 4.57. The summed E-state index contributed by atoms with van der Waals surface area (Å²) < 4.78 is 0. The molecule has 0 aliphatic heterocycles. The molecule has 0 amide bonds. The van der Waals surface area contributed by atoms with Gasteiger partial charge in [0.15, 0.2) is 5.78 Å². The molecule has 2 fully saturated rings. The largest absolute Gasteiger partial charge is 0.392 e. The second-order valence-electron chi connectivity index (χ2n) is 8.25. The predicted octanol–water partition coefficient (Wildman–Crippen LogP) is 4.19. The summed E-state index contributed by atoms with van der Waals surface area (Å²) >= 11 is 0. The number of ketones is 1. The van der Waals surface area contributed by atoms with E-state index in [0.29, 0.717) is 30.0 Å². The molecular weight excluding hydrogens is 272 g/mol. The first-order valence-electron chi connectivity index (χ1n) is 9.18. The van der Waals surface area contributed by atoms with Crippen molar-refractivity contribution in [1.29, 1.82) is 0 Å². The third-order valence-corrected chi connectivity index (χ3v) is 7.37. The maximum absolute atomic E-state index is 11.7. The van der Waals surface area contributed by atoms with Gasteiger partial charge in [-0.05, 0) is 78.9 Å². The van der Waals surface area contributed by atoms with Gasteiger partial charge in [0.25, 0.3) is 0 Å². The van der Waals surface area contributed by atoms with Gasteiger partial charge < -0.3 is 5.11 Å². The monoisotopic (exact) mass is 300 g/mol. The van der Waals surface area contributed by atoms with Crippen molar-refractivity contribution in [2.45, 2.75) is 71.3 Å². The van der Waals surface area contributed by atoms with Crippen LogP contribution in [0.5, 0.6) is 0 Å². The van der Waals surface area contributed by atoms with E-state index in [1.54, 1.807) is 5.57 Å². The van der Waals surface area contributed by atoms with Gasteiger partial charge in [-0.3, -0.25) is 4.79 Å². The zero-order valence-electron chi connectivity index (χ0n) is 13.9. The highest BCUT2D eigenvalue weighted by Gasteiger charge is 2.56. The van der Waals surface area contributed by atoms with Crippen molar-refractivity contribution >= 4 is 5.78 Å². The zero-order valence-corrected chi connectivity index (χ0v) is 13.9. The summed E-state index contributed by atoms with van der Waals surface area (Å²) in [6, 6.07) is 0. The van der Waals surface area contributed by atoms with Gasteiger partial charge in [-0.15, -0.1) is 0 Å². The molecule has 0 spiro atoms. The number of carbonyl (C=O) groups is 1. The molecule has 2 saturated carbocycles. The fourth-order valence-corrected chi connectivity index (χ4v) is 6.07. The molecule has 4 aliphatic carbocycles. The quantitative estimate of drug-likeness (QED) is 0.788. The summed E-state index contributed by atoms with van der Waals surface area (Å²) in [5.74, 6) is 2.14. The van der Waals surface area contributed by atoms with Crippen LogP contribution in [0, 0.1) is 23.2 Å². The van der Waals surface area contributed by atoms with E-state index >= 15 is 0 Å². The van der Waals surface area contributed by atoms with Gasteiger partial charge in [-0.1, -0.05) is 25.8 Å². The van der Waals surface area contributed by atoms with Crippen molar-refractivity contribution in [3.8, 4) is 0 Å². The van der Waals surface area contributed by atoms with Crippen LogP contribution in [-0.4, -0.2) is 17.0 Å². The zero-order chi connectivity index (χ0) is 15.5. The van der Waals surface area contributed by atoms with E-state index in [1.165, 1.54) is 24.0 Å². The molecule has 0 aromatic rings. The van der Waals surface area contributed by atoms with Crippen LogP contribution in [0.1, 0.15) is 65.2 Å². The van der Waals surface area contributed by atoms with Gasteiger partial charge in [0, 0.05) is 6.42 Å². The molecule has 120 valence electrons. The lowest BCUT2D eigenvalue weighted by molar-refractivity contribution is -0.114. The number of fused-ring (bicyclic) bond motifs is 4. The average Bonchev–Trinajstić information content (AvgIpc) is 2.78. The van der Waals surface area contributed by atoms with Crippen LogP contribution >= 0.6 is 0 Å². The Balaban J connectivity index is 1.72. The van der Waals surface area contributed by atoms with Gasteiger partial charge in [0.05, 0.1) is 6.10 Å². The highest BCUT2D eigenvalue weighted by atomic mass is 16.3. The molecule has 0 aromatic carbocycles. The number of rotatable bonds is 1. The number of aliphatic hydroxyl groups excluding tert-OH is 1. The summed E-state index contributed by atoms with van der Waals surface area (Å²) in [6.07, 6.45) is 10.3. The molecule has 2 nitrogen and oxygen atoms in total. The highest BCUT2D eigenvalue weighted by Crippen LogP contribution is 2.61. The van der Waals surface area contributed by atoms with E-state index in [2.05, 4.69) is 13.8 Å². The van der Waals surface area contributed by atoms with Crippen molar-refractivity contribution in [1.82, 2.24) is 0 Å². The van der Waals surface area contributed by atoms with Crippen LogP contribution in [0.2, 0.25) is 0 Å². The van der Waals surface area contributed by atoms with Gasteiger partial charge in [-0.2, -0.15) is 0 Å². The summed E-state index contributed by atoms with van der Waals surface area (Å²) in [5, 5.41) is 10.8. The molecule has 4 rings (SSSR count). The highest BCUT2D eigenvalue weighted by molar-refractivity contribution is 5.93. The molecule has 0 unspecified atom stereocenters. The predicted molar refractivity (Wildman–Crippen MR) is 87.3 cm³/mol. The Morgan fingerprint density at radius 3 is 2.86 bits per heavy atom. The number of hydrogen-bond donors (Lipinski definition) is 1. The minimum atomic E-state index is -0.112. The summed E-state index contributed by atoms with van der Waals surface area (Å²) in [4.78, 5) is 11.7. The lowest BCUT2D eigenvalue weighted by Crippen LogP contribution is -2.42. The van der Waals surface area contributed by atoms with Crippen molar-refractivity contribution in [3.05, 3.63) is 22.8 Å². The minimum Gasteiger partial charge on any atom is -0.392 e. The molecule has 0 heterocycles. The molecule has 1 N–H and O–H groups in total. The van der Waals surface area contributed by atoms with Crippen LogP contribution in [0.25, 0.3) is 0 Å². The molecular formula is C20H28O2. The van der Waals surface area contributed by atoms with E-state index in [1.807, 2.05) is 6.08 Å². The lowest BCUT2D eigenvalue weighted by atomic mass is 9.57. The normalized spacial score (nSPS) is 44.3. The number of allylic oxidation sites excluding steroid dienone is 4. The Morgan fingerprint density at radius 2 is 2.09 bits per heavy atom. The Hall–Kier alpha value is -0.890. The Kier molecular flexibility index (Phi) is 3.38. The van der Waals surface area contributed by atoms with Crippen molar-refractivity contribution in [2.75, 3.05) is 0 Å². The van der Waals surface area contributed by atoms with E-state index < -0.39 is 0 Å². The van der Waals surface area contributed by atoms with Gasteiger partial charge in [-0.25, -0.2) is 0 Å². The van der Waals surface area contributed by atoms with Gasteiger partial charge >= 0.3 is 0 Å². The summed E-state index contributed by atoms with van der Waals surface area (Å²) in [7, 11) is 0. The molecule has 0 aromatic heterocycles. The van der Waals surface area contributed by atoms with Crippen LogP contribution in [-0.2, 0) is 4.79 Å². The van der Waals surface area contributed by atoms with Gasteiger partial charge in [0.1, 0.15) is 0 Å². The Morgan fingerprint density at radius 1 is 1.27 bits per heavy atom. The third kappa shape index (κ3) is 1.92. The molecule has 0 radical (unpaired) electrons. The summed E-state index contributed by atoms with van der Waals surface area (Å²) in [5.41, 5.74) is 4.67.